The average molecular weight is 322 g/mol. The van der Waals surface area contributed by atoms with E-state index in [9.17, 15) is 13.2 Å². The van der Waals surface area contributed by atoms with E-state index in [1.165, 1.54) is 6.26 Å². The predicted octanol–water partition coefficient (Wildman–Crippen LogP) is 1.09. The molecule has 0 radical (unpaired) electrons. The molecule has 0 bridgehead atoms. The molecule has 2 N–H and O–H groups in total. The minimum Gasteiger partial charge on any atom is -0.330 e. The molecule has 1 heterocycles. The number of hydrogen-bond acceptors (Lipinski definition) is 5. The Morgan fingerprint density at radius 2 is 2.15 bits per heavy atom. The van der Waals surface area contributed by atoms with Crippen LogP contribution in [0.25, 0.3) is 0 Å². The number of nitrogens with two attached hydrogens (primary N) is 1. The Balaban J connectivity index is 2.60. The zero-order chi connectivity index (χ0) is 15.2. The molecule has 1 amide bonds. The number of hydrogen-bond donors (Lipinski definition) is 1. The van der Waals surface area contributed by atoms with E-state index in [0.717, 1.165) is 25.0 Å². The third kappa shape index (κ3) is 5.26. The van der Waals surface area contributed by atoms with Crippen molar-refractivity contribution in [3.05, 3.63) is 0 Å². The third-order valence-electron chi connectivity index (χ3n) is 3.82. The van der Waals surface area contributed by atoms with Crippen molar-refractivity contribution < 1.29 is 13.2 Å². The smallest absolute Gasteiger partial charge is 0.223 e. The number of carbonyl (C=O) groups excluding carboxylic acids is 1. The fraction of sp³-hybridized carbons (Fsp3) is 0.923. The summed E-state index contributed by atoms with van der Waals surface area (Å²) in [5.41, 5.74) is 5.56. The molecule has 0 aromatic rings. The van der Waals surface area contributed by atoms with E-state index in [2.05, 4.69) is 6.92 Å². The van der Waals surface area contributed by atoms with E-state index in [1.807, 2.05) is 0 Å². The summed E-state index contributed by atoms with van der Waals surface area (Å²) in [6, 6.07) is 0. The summed E-state index contributed by atoms with van der Waals surface area (Å²) in [4.78, 5) is 13.9. The summed E-state index contributed by atoms with van der Waals surface area (Å²) in [6.45, 7) is 3.27. The molecule has 0 spiro atoms. The fourth-order valence-electron chi connectivity index (χ4n) is 2.48. The molecule has 1 saturated heterocycles. The molecule has 0 aromatic heterocycles. The first-order chi connectivity index (χ1) is 9.40. The standard InChI is InChI=1S/C13H26N2O3S2/c1-3-11(6-7-14)4-5-12(16)15-8-9-19-10-13(15)20(2,17)18/h11,13H,3-10,14H2,1-2H3. The largest absolute Gasteiger partial charge is 0.330 e. The highest BCUT2D eigenvalue weighted by atomic mass is 32.2. The van der Waals surface area contributed by atoms with Gasteiger partial charge in [0.2, 0.25) is 5.91 Å². The van der Waals surface area contributed by atoms with Crippen molar-refractivity contribution in [2.45, 2.75) is 38.0 Å². The Kier molecular flexibility index (Phi) is 7.33. The first kappa shape index (κ1) is 17.8. The Morgan fingerprint density at radius 1 is 1.45 bits per heavy atom. The van der Waals surface area contributed by atoms with Gasteiger partial charge in [-0.05, 0) is 25.3 Å². The minimum atomic E-state index is -3.21. The van der Waals surface area contributed by atoms with Crippen molar-refractivity contribution >= 4 is 27.5 Å². The van der Waals surface area contributed by atoms with Gasteiger partial charge in [-0.25, -0.2) is 8.42 Å². The van der Waals surface area contributed by atoms with Crippen LogP contribution in [0.1, 0.15) is 32.6 Å². The summed E-state index contributed by atoms with van der Waals surface area (Å²) in [5.74, 6) is 1.73. The van der Waals surface area contributed by atoms with Gasteiger partial charge in [0, 0.05) is 30.7 Å². The molecule has 0 aromatic carbocycles. The predicted molar refractivity (Wildman–Crippen MR) is 84.4 cm³/mol. The zero-order valence-electron chi connectivity index (χ0n) is 12.4. The summed E-state index contributed by atoms with van der Waals surface area (Å²) in [7, 11) is -3.21. The van der Waals surface area contributed by atoms with Crippen molar-refractivity contribution in [2.24, 2.45) is 11.7 Å². The molecule has 5 nitrogen and oxygen atoms in total. The van der Waals surface area contributed by atoms with E-state index in [0.29, 0.717) is 31.2 Å². The maximum Gasteiger partial charge on any atom is 0.223 e. The second-order valence-electron chi connectivity index (χ2n) is 5.34. The summed E-state index contributed by atoms with van der Waals surface area (Å²) < 4.78 is 23.5. The fourth-order valence-corrected chi connectivity index (χ4v) is 5.32. The maximum atomic E-state index is 12.3. The van der Waals surface area contributed by atoms with Gasteiger partial charge in [0.05, 0.1) is 0 Å². The van der Waals surface area contributed by atoms with E-state index in [1.54, 1.807) is 16.7 Å². The van der Waals surface area contributed by atoms with Crippen LogP contribution in [0, 0.1) is 5.92 Å². The Bertz CT molecular complexity index is 412. The summed E-state index contributed by atoms with van der Waals surface area (Å²) in [6.07, 6.45) is 4.37. The van der Waals surface area contributed by atoms with Crippen LogP contribution in [0.15, 0.2) is 0 Å². The Labute approximate surface area is 126 Å². The monoisotopic (exact) mass is 322 g/mol. The molecule has 1 rings (SSSR count). The number of carbonyl (C=O) groups is 1. The average Bonchev–Trinajstić information content (AvgIpc) is 2.42. The van der Waals surface area contributed by atoms with Gasteiger partial charge in [0.15, 0.2) is 9.84 Å². The van der Waals surface area contributed by atoms with Gasteiger partial charge in [0.25, 0.3) is 0 Å². The highest BCUT2D eigenvalue weighted by Gasteiger charge is 2.33. The van der Waals surface area contributed by atoms with Gasteiger partial charge in [-0.3, -0.25) is 4.79 Å². The van der Waals surface area contributed by atoms with Crippen molar-refractivity contribution in [1.82, 2.24) is 4.90 Å². The lowest BCUT2D eigenvalue weighted by Gasteiger charge is -2.34. The topological polar surface area (TPSA) is 80.5 Å². The molecule has 0 aliphatic carbocycles. The quantitative estimate of drug-likeness (QED) is 0.759. The Morgan fingerprint density at radius 3 is 2.70 bits per heavy atom. The van der Waals surface area contributed by atoms with E-state index in [4.69, 9.17) is 5.73 Å². The van der Waals surface area contributed by atoms with Crippen LogP contribution in [0.3, 0.4) is 0 Å². The molecule has 1 aliphatic rings. The molecular formula is C13H26N2O3S2. The van der Waals surface area contributed by atoms with Crippen LogP contribution in [0.4, 0.5) is 0 Å². The first-order valence-electron chi connectivity index (χ1n) is 7.16. The zero-order valence-corrected chi connectivity index (χ0v) is 14.0. The van der Waals surface area contributed by atoms with Crippen molar-refractivity contribution in [3.63, 3.8) is 0 Å². The van der Waals surface area contributed by atoms with Gasteiger partial charge in [-0.15, -0.1) is 0 Å². The van der Waals surface area contributed by atoms with E-state index >= 15 is 0 Å². The van der Waals surface area contributed by atoms with Crippen LogP contribution >= 0.6 is 11.8 Å². The van der Waals surface area contributed by atoms with Gasteiger partial charge in [-0.1, -0.05) is 13.3 Å². The number of rotatable bonds is 7. The van der Waals surface area contributed by atoms with Crippen molar-refractivity contribution in [3.8, 4) is 0 Å². The molecule has 1 aliphatic heterocycles. The number of nitrogens with zero attached hydrogens (tertiary/aromatic N) is 1. The van der Waals surface area contributed by atoms with Gasteiger partial charge < -0.3 is 10.6 Å². The van der Waals surface area contributed by atoms with Crippen LogP contribution < -0.4 is 5.73 Å². The Hall–Kier alpha value is -0.270. The number of amides is 1. The minimum absolute atomic E-state index is 0.0313. The lowest BCUT2D eigenvalue weighted by atomic mass is 9.96. The molecule has 0 saturated carbocycles. The molecule has 2 unspecified atom stereocenters. The third-order valence-corrected chi connectivity index (χ3v) is 6.46. The lowest BCUT2D eigenvalue weighted by molar-refractivity contribution is -0.131. The molecule has 118 valence electrons. The summed E-state index contributed by atoms with van der Waals surface area (Å²) in [5, 5.41) is -0.650. The lowest BCUT2D eigenvalue weighted by Crippen LogP contribution is -2.49. The molecule has 7 heteroatoms. The number of sulfone groups is 1. The van der Waals surface area contributed by atoms with Crippen LogP contribution in [0.2, 0.25) is 0 Å². The second kappa shape index (κ2) is 8.24. The maximum absolute atomic E-state index is 12.3. The van der Waals surface area contributed by atoms with Crippen LogP contribution in [-0.2, 0) is 14.6 Å². The molecular weight excluding hydrogens is 296 g/mol. The summed E-state index contributed by atoms with van der Waals surface area (Å²) >= 11 is 1.60. The van der Waals surface area contributed by atoms with Gasteiger partial charge >= 0.3 is 0 Å². The van der Waals surface area contributed by atoms with Crippen LogP contribution in [0.5, 0.6) is 0 Å². The van der Waals surface area contributed by atoms with E-state index < -0.39 is 15.2 Å². The first-order valence-corrected chi connectivity index (χ1v) is 10.3. The molecule has 1 fully saturated rings. The highest BCUT2D eigenvalue weighted by molar-refractivity contribution is 8.00. The van der Waals surface area contributed by atoms with E-state index in [-0.39, 0.29) is 5.91 Å². The van der Waals surface area contributed by atoms with Crippen molar-refractivity contribution in [1.29, 1.82) is 0 Å². The van der Waals surface area contributed by atoms with Gasteiger partial charge in [-0.2, -0.15) is 11.8 Å². The van der Waals surface area contributed by atoms with Crippen molar-refractivity contribution in [2.75, 3.05) is 30.9 Å². The molecule has 2 atom stereocenters. The SMILES string of the molecule is CCC(CCN)CCC(=O)N1CCSCC1S(C)(=O)=O. The molecule has 20 heavy (non-hydrogen) atoms. The number of thioether (sulfide) groups is 1. The normalized spacial score (nSPS) is 21.8. The van der Waals surface area contributed by atoms with Gasteiger partial charge in [0.1, 0.15) is 5.37 Å². The van der Waals surface area contributed by atoms with Crippen LogP contribution in [-0.4, -0.2) is 55.4 Å². The second-order valence-corrected chi connectivity index (χ2v) is 8.69. The highest BCUT2D eigenvalue weighted by Crippen LogP contribution is 2.23.